The van der Waals surface area contributed by atoms with Gasteiger partial charge >= 0.3 is 6.03 Å². The smallest absolute Gasteiger partial charge is 0.324 e. The molecule has 1 aliphatic carbocycles. The molecule has 1 heterocycles. The zero-order valence-electron chi connectivity index (χ0n) is 18.4. The van der Waals surface area contributed by atoms with E-state index in [9.17, 15) is 18.0 Å². The van der Waals surface area contributed by atoms with Gasteiger partial charge in [0.25, 0.3) is 0 Å². The number of urea groups is 1. The van der Waals surface area contributed by atoms with Crippen LogP contribution in [0.1, 0.15) is 63.5 Å². The Hall–Kier alpha value is -1.84. The summed E-state index contributed by atoms with van der Waals surface area (Å²) >= 11 is 6.27. The van der Waals surface area contributed by atoms with Crippen molar-refractivity contribution < 1.29 is 22.7 Å². The lowest BCUT2D eigenvalue weighted by Gasteiger charge is -2.20. The molecule has 8 nitrogen and oxygen atoms in total. The highest BCUT2D eigenvalue weighted by Crippen LogP contribution is 2.34. The molecule has 1 aromatic carbocycles. The van der Waals surface area contributed by atoms with Crippen molar-refractivity contribution in [2.75, 3.05) is 25.4 Å². The zero-order valence-corrected chi connectivity index (χ0v) is 20.0. The average molecular weight is 486 g/mol. The summed E-state index contributed by atoms with van der Waals surface area (Å²) in [7, 11) is -3.48. The molecule has 1 saturated carbocycles. The van der Waals surface area contributed by atoms with Gasteiger partial charge in [-0.15, -0.1) is 0 Å². The summed E-state index contributed by atoms with van der Waals surface area (Å²) in [5.74, 6) is 0.907. The Morgan fingerprint density at radius 1 is 1.25 bits per heavy atom. The van der Waals surface area contributed by atoms with Gasteiger partial charge < -0.3 is 9.64 Å². The number of hydrogen-bond donors (Lipinski definition) is 2. The lowest BCUT2D eigenvalue weighted by molar-refractivity contribution is -0.118. The van der Waals surface area contributed by atoms with Crippen molar-refractivity contribution in [3.8, 4) is 5.75 Å². The van der Waals surface area contributed by atoms with Gasteiger partial charge in [0, 0.05) is 12.6 Å². The maximum atomic E-state index is 12.7. The molecule has 1 aromatic rings. The van der Waals surface area contributed by atoms with Gasteiger partial charge in [0.1, 0.15) is 12.3 Å². The fourth-order valence-corrected chi connectivity index (χ4v) is 5.19. The SMILES string of the molecule is CCC[C@@H](NS(=O)(=O)CCCCCN1CC(=O)NC1=O)c1ccc(Cl)c(OCC2CC2)c1. The molecule has 3 amide bonds. The minimum atomic E-state index is -3.48. The highest BCUT2D eigenvalue weighted by atomic mass is 35.5. The second-order valence-corrected chi connectivity index (χ2v) is 10.8. The molecule has 178 valence electrons. The molecule has 0 aromatic heterocycles. The van der Waals surface area contributed by atoms with E-state index >= 15 is 0 Å². The van der Waals surface area contributed by atoms with Crippen LogP contribution >= 0.6 is 11.6 Å². The number of nitrogens with zero attached hydrogens (tertiary/aromatic N) is 1. The van der Waals surface area contributed by atoms with Crippen molar-refractivity contribution in [1.82, 2.24) is 14.9 Å². The second-order valence-electron chi connectivity index (χ2n) is 8.56. The zero-order chi connectivity index (χ0) is 23.1. The maximum absolute atomic E-state index is 12.7. The average Bonchev–Trinajstić information content (AvgIpc) is 3.50. The predicted molar refractivity (Wildman–Crippen MR) is 123 cm³/mol. The van der Waals surface area contributed by atoms with Gasteiger partial charge in [-0.05, 0) is 55.7 Å². The highest BCUT2D eigenvalue weighted by molar-refractivity contribution is 7.89. The van der Waals surface area contributed by atoms with E-state index in [0.29, 0.717) is 55.5 Å². The molecule has 2 N–H and O–H groups in total. The van der Waals surface area contributed by atoms with Crippen LogP contribution in [-0.4, -0.2) is 50.7 Å². The number of imide groups is 1. The Morgan fingerprint density at radius 2 is 2.03 bits per heavy atom. The minimum absolute atomic E-state index is 0.0109. The molecule has 2 aliphatic rings. The first kappa shape index (κ1) is 24.8. The van der Waals surface area contributed by atoms with Crippen LogP contribution in [0.25, 0.3) is 0 Å². The summed E-state index contributed by atoms with van der Waals surface area (Å²) in [6.07, 6.45) is 5.63. The third-order valence-electron chi connectivity index (χ3n) is 5.64. The quantitative estimate of drug-likeness (QED) is 0.309. The Bertz CT molecular complexity index is 920. The molecule has 1 aliphatic heterocycles. The van der Waals surface area contributed by atoms with Gasteiger partial charge in [0.2, 0.25) is 15.9 Å². The number of sulfonamides is 1. The van der Waals surface area contributed by atoms with Gasteiger partial charge in [-0.1, -0.05) is 37.4 Å². The summed E-state index contributed by atoms with van der Waals surface area (Å²) in [5, 5.41) is 2.76. The van der Waals surface area contributed by atoms with E-state index in [-0.39, 0.29) is 30.3 Å². The molecule has 32 heavy (non-hydrogen) atoms. The Kier molecular flexibility index (Phi) is 8.79. The Balaban J connectivity index is 1.49. The number of amides is 3. The van der Waals surface area contributed by atoms with Crippen LogP contribution in [0.2, 0.25) is 5.02 Å². The first-order chi connectivity index (χ1) is 15.3. The minimum Gasteiger partial charge on any atom is -0.492 e. The topological polar surface area (TPSA) is 105 Å². The molecule has 2 fully saturated rings. The third kappa shape index (κ3) is 7.64. The second kappa shape index (κ2) is 11.3. The van der Waals surface area contributed by atoms with E-state index in [1.807, 2.05) is 19.1 Å². The number of hydrogen-bond acceptors (Lipinski definition) is 5. The van der Waals surface area contributed by atoms with Crippen molar-refractivity contribution in [3.05, 3.63) is 28.8 Å². The summed E-state index contributed by atoms with van der Waals surface area (Å²) < 4.78 is 34.1. The third-order valence-corrected chi connectivity index (χ3v) is 7.42. The molecule has 1 atom stereocenters. The van der Waals surface area contributed by atoms with Crippen LogP contribution in [0.3, 0.4) is 0 Å². The van der Waals surface area contributed by atoms with E-state index in [4.69, 9.17) is 16.3 Å². The largest absolute Gasteiger partial charge is 0.492 e. The molecule has 3 rings (SSSR count). The Morgan fingerprint density at radius 3 is 2.69 bits per heavy atom. The maximum Gasteiger partial charge on any atom is 0.324 e. The fourth-order valence-electron chi connectivity index (χ4n) is 3.63. The van der Waals surface area contributed by atoms with Gasteiger partial charge in [0.05, 0.1) is 17.4 Å². The first-order valence-corrected chi connectivity index (χ1v) is 13.3. The molecule has 1 saturated heterocycles. The van der Waals surface area contributed by atoms with Crippen molar-refractivity contribution in [3.63, 3.8) is 0 Å². The molecule has 0 bridgehead atoms. The molecular weight excluding hydrogens is 454 g/mol. The van der Waals surface area contributed by atoms with E-state index in [0.717, 1.165) is 12.0 Å². The van der Waals surface area contributed by atoms with Crippen LogP contribution in [0.4, 0.5) is 4.79 Å². The van der Waals surface area contributed by atoms with E-state index in [1.54, 1.807) is 6.07 Å². The normalized spacial score (nSPS) is 17.5. The summed E-state index contributed by atoms with van der Waals surface area (Å²) in [5.41, 5.74) is 0.843. The standard InChI is InChI=1S/C22H32ClN3O5S/c1-2-6-19(17-9-10-18(23)20(13-17)31-15-16-7-8-16)25-32(29,30)12-5-3-4-11-26-14-21(27)24-22(26)28/h9-10,13,16,19,25H,2-8,11-12,14-15H2,1H3,(H,24,27,28)/t19-/m1/s1. The van der Waals surface area contributed by atoms with Crippen molar-refractivity contribution in [1.29, 1.82) is 0 Å². The molecular formula is C22H32ClN3O5S. The number of halogens is 1. The lowest BCUT2D eigenvalue weighted by Crippen LogP contribution is -2.31. The predicted octanol–water partition coefficient (Wildman–Crippen LogP) is 3.61. The summed E-state index contributed by atoms with van der Waals surface area (Å²) in [6.45, 7) is 3.17. The van der Waals surface area contributed by atoms with Gasteiger partial charge in [0.15, 0.2) is 0 Å². The molecule has 0 unspecified atom stereocenters. The number of benzene rings is 1. The number of rotatable bonds is 14. The van der Waals surface area contributed by atoms with Gasteiger partial charge in [-0.25, -0.2) is 17.9 Å². The monoisotopic (exact) mass is 485 g/mol. The summed E-state index contributed by atoms with van der Waals surface area (Å²) in [4.78, 5) is 24.1. The first-order valence-electron chi connectivity index (χ1n) is 11.3. The summed E-state index contributed by atoms with van der Waals surface area (Å²) in [6, 6.07) is 4.73. The lowest BCUT2D eigenvalue weighted by atomic mass is 10.0. The van der Waals surface area contributed by atoms with Gasteiger partial charge in [-0.3, -0.25) is 10.1 Å². The van der Waals surface area contributed by atoms with Crippen LogP contribution in [0.15, 0.2) is 18.2 Å². The van der Waals surface area contributed by atoms with Crippen LogP contribution < -0.4 is 14.8 Å². The van der Waals surface area contributed by atoms with Crippen LogP contribution in [0.5, 0.6) is 5.75 Å². The number of carbonyl (C=O) groups is 2. The van der Waals surface area contributed by atoms with Crippen molar-refractivity contribution >= 4 is 33.6 Å². The number of carbonyl (C=O) groups excluding carboxylic acids is 2. The van der Waals surface area contributed by atoms with Gasteiger partial charge in [-0.2, -0.15) is 0 Å². The van der Waals surface area contributed by atoms with Crippen LogP contribution in [0, 0.1) is 5.92 Å². The molecule has 0 spiro atoms. The van der Waals surface area contributed by atoms with Crippen molar-refractivity contribution in [2.45, 2.75) is 57.9 Å². The number of ether oxygens (including phenoxy) is 1. The molecule has 0 radical (unpaired) electrons. The highest BCUT2D eigenvalue weighted by Gasteiger charge is 2.26. The molecule has 10 heteroatoms. The van der Waals surface area contributed by atoms with E-state index < -0.39 is 10.0 Å². The van der Waals surface area contributed by atoms with Crippen molar-refractivity contribution in [2.24, 2.45) is 5.92 Å². The Labute approximate surface area is 195 Å². The number of unbranched alkanes of at least 4 members (excludes halogenated alkanes) is 2. The fraction of sp³-hybridized carbons (Fsp3) is 0.636. The van der Waals surface area contributed by atoms with Crippen LogP contribution in [-0.2, 0) is 14.8 Å². The van der Waals surface area contributed by atoms with E-state index in [2.05, 4.69) is 10.0 Å². The number of nitrogens with one attached hydrogen (secondary N) is 2. The van der Waals surface area contributed by atoms with E-state index in [1.165, 1.54) is 17.7 Å².